The predicted molar refractivity (Wildman–Crippen MR) is 62.2 cm³/mol. The van der Waals surface area contributed by atoms with Gasteiger partial charge >= 0.3 is 0 Å². The molecule has 0 saturated carbocycles. The van der Waals surface area contributed by atoms with Crippen molar-refractivity contribution >= 4 is 5.78 Å². The van der Waals surface area contributed by atoms with Gasteiger partial charge in [0.2, 0.25) is 12.3 Å². The van der Waals surface area contributed by atoms with Gasteiger partial charge in [-0.25, -0.2) is 4.39 Å². The number of rotatable bonds is 4. The molecule has 17 heavy (non-hydrogen) atoms. The van der Waals surface area contributed by atoms with Gasteiger partial charge in [0.05, 0.1) is 0 Å². The van der Waals surface area contributed by atoms with Gasteiger partial charge in [0.25, 0.3) is 0 Å². The molecule has 0 amide bonds. The number of carbonyl (C=O) groups excluding carboxylic acids is 1. The van der Waals surface area contributed by atoms with Crippen molar-refractivity contribution in [2.24, 2.45) is 0 Å². The van der Waals surface area contributed by atoms with Crippen LogP contribution in [0.2, 0.25) is 0 Å². The lowest BCUT2D eigenvalue weighted by molar-refractivity contribution is -0.683. The largest absolute Gasteiger partial charge is 0.287 e. The second-order valence-electron chi connectivity index (χ2n) is 3.80. The standard InChI is InChI=1S/C14H13FNO/c15-10-12-6-8-16(9-7-12)11-14(17)13-4-2-1-3-5-13/h1-9H,10-11H2/q+1. The average molecular weight is 230 g/mol. The van der Waals surface area contributed by atoms with Crippen LogP contribution in [0.3, 0.4) is 0 Å². The Labute approximate surface area is 99.3 Å². The highest BCUT2D eigenvalue weighted by Gasteiger charge is 2.11. The Balaban J connectivity index is 2.08. The molecule has 2 rings (SSSR count). The summed E-state index contributed by atoms with van der Waals surface area (Å²) < 4.78 is 14.1. The van der Waals surface area contributed by atoms with E-state index in [0.717, 1.165) is 0 Å². The number of pyridine rings is 1. The first-order valence-electron chi connectivity index (χ1n) is 5.42. The second-order valence-corrected chi connectivity index (χ2v) is 3.80. The van der Waals surface area contributed by atoms with Gasteiger partial charge < -0.3 is 0 Å². The summed E-state index contributed by atoms with van der Waals surface area (Å²) >= 11 is 0. The first-order valence-corrected chi connectivity index (χ1v) is 5.42. The number of nitrogens with zero attached hydrogens (tertiary/aromatic N) is 1. The van der Waals surface area contributed by atoms with Gasteiger partial charge in [-0.05, 0) is 5.56 Å². The number of aromatic nitrogens is 1. The van der Waals surface area contributed by atoms with Crippen LogP contribution >= 0.6 is 0 Å². The zero-order valence-corrected chi connectivity index (χ0v) is 9.34. The SMILES string of the molecule is O=C(C[n+]1ccc(CF)cc1)c1ccccc1. The number of alkyl halides is 1. The number of benzene rings is 1. The molecular weight excluding hydrogens is 217 g/mol. The van der Waals surface area contributed by atoms with E-state index in [2.05, 4.69) is 0 Å². The summed E-state index contributed by atoms with van der Waals surface area (Å²) in [7, 11) is 0. The predicted octanol–water partition coefficient (Wildman–Crippen LogP) is 2.33. The minimum Gasteiger partial charge on any atom is -0.287 e. The molecule has 0 aliphatic carbocycles. The van der Waals surface area contributed by atoms with Crippen LogP contribution in [-0.4, -0.2) is 5.78 Å². The molecular formula is C14H13FNO+. The molecule has 2 aromatic rings. The number of carbonyl (C=O) groups is 1. The van der Waals surface area contributed by atoms with Gasteiger partial charge in [-0.15, -0.1) is 0 Å². The van der Waals surface area contributed by atoms with Crippen molar-refractivity contribution in [2.75, 3.05) is 0 Å². The number of halogens is 1. The zero-order valence-electron chi connectivity index (χ0n) is 9.34. The van der Waals surface area contributed by atoms with Crippen LogP contribution in [0.1, 0.15) is 15.9 Å². The van der Waals surface area contributed by atoms with Crippen LogP contribution in [0.5, 0.6) is 0 Å². The molecule has 0 N–H and O–H groups in total. The third kappa shape index (κ3) is 2.97. The maximum absolute atomic E-state index is 12.3. The first kappa shape index (κ1) is 11.5. The summed E-state index contributed by atoms with van der Waals surface area (Å²) in [6, 6.07) is 12.5. The summed E-state index contributed by atoms with van der Waals surface area (Å²) in [5, 5.41) is 0. The first-order chi connectivity index (χ1) is 8.29. The van der Waals surface area contributed by atoms with Crippen molar-refractivity contribution in [1.29, 1.82) is 0 Å². The maximum Gasteiger partial charge on any atom is 0.227 e. The van der Waals surface area contributed by atoms with E-state index in [4.69, 9.17) is 0 Å². The van der Waals surface area contributed by atoms with E-state index in [0.29, 0.717) is 11.1 Å². The molecule has 0 bridgehead atoms. The molecule has 0 atom stereocenters. The summed E-state index contributed by atoms with van der Waals surface area (Å²) in [6.07, 6.45) is 3.44. The topological polar surface area (TPSA) is 20.9 Å². The molecule has 0 fully saturated rings. The fraction of sp³-hybridized carbons (Fsp3) is 0.143. The van der Waals surface area contributed by atoms with E-state index in [-0.39, 0.29) is 12.3 Å². The molecule has 0 aliphatic heterocycles. The van der Waals surface area contributed by atoms with Crippen LogP contribution in [0.25, 0.3) is 0 Å². The second kappa shape index (κ2) is 5.34. The quantitative estimate of drug-likeness (QED) is 0.583. The number of ketones is 1. The Kier molecular flexibility index (Phi) is 3.60. The molecule has 0 aliphatic rings. The van der Waals surface area contributed by atoms with Gasteiger partial charge in [-0.1, -0.05) is 30.3 Å². The highest BCUT2D eigenvalue weighted by atomic mass is 19.1. The summed E-state index contributed by atoms with van der Waals surface area (Å²) in [5.41, 5.74) is 1.31. The normalized spacial score (nSPS) is 10.2. The molecule has 0 unspecified atom stereocenters. The van der Waals surface area contributed by atoms with Crippen molar-refractivity contribution in [3.63, 3.8) is 0 Å². The Bertz CT molecular complexity index is 493. The maximum atomic E-state index is 12.3. The summed E-state index contributed by atoms with van der Waals surface area (Å²) in [4.78, 5) is 11.9. The van der Waals surface area contributed by atoms with Gasteiger partial charge in [-0.2, -0.15) is 4.57 Å². The highest BCUT2D eigenvalue weighted by molar-refractivity contribution is 5.94. The summed E-state index contributed by atoms with van der Waals surface area (Å²) in [6.45, 7) is -0.204. The molecule has 1 aromatic carbocycles. The Morgan fingerprint density at radius 1 is 1.06 bits per heavy atom. The molecule has 1 heterocycles. The molecule has 0 saturated heterocycles. The average Bonchev–Trinajstić information content (AvgIpc) is 2.40. The van der Waals surface area contributed by atoms with Gasteiger partial charge in [0, 0.05) is 17.7 Å². The van der Waals surface area contributed by atoms with E-state index in [1.165, 1.54) is 0 Å². The van der Waals surface area contributed by atoms with Gasteiger partial charge in [0.15, 0.2) is 12.4 Å². The molecule has 3 heteroatoms. The molecule has 0 spiro atoms. The lowest BCUT2D eigenvalue weighted by Gasteiger charge is -1.98. The lowest BCUT2D eigenvalue weighted by Crippen LogP contribution is -2.37. The van der Waals surface area contributed by atoms with Crippen LogP contribution in [0.4, 0.5) is 4.39 Å². The fourth-order valence-electron chi connectivity index (χ4n) is 1.56. The zero-order chi connectivity index (χ0) is 12.1. The van der Waals surface area contributed by atoms with Crippen LogP contribution in [0.15, 0.2) is 54.9 Å². The minimum atomic E-state index is -0.479. The van der Waals surface area contributed by atoms with Crippen molar-refractivity contribution < 1.29 is 13.8 Å². The van der Waals surface area contributed by atoms with Crippen LogP contribution in [-0.2, 0) is 13.2 Å². The third-order valence-electron chi connectivity index (χ3n) is 2.54. The van der Waals surface area contributed by atoms with E-state index < -0.39 is 6.67 Å². The number of hydrogen-bond donors (Lipinski definition) is 0. The Hall–Kier alpha value is -2.03. The van der Waals surface area contributed by atoms with E-state index >= 15 is 0 Å². The number of Topliss-reactive ketones (excluding diaryl/α,β-unsaturated/α-hetero) is 1. The monoisotopic (exact) mass is 230 g/mol. The smallest absolute Gasteiger partial charge is 0.227 e. The van der Waals surface area contributed by atoms with E-state index in [1.807, 2.05) is 18.2 Å². The number of hydrogen-bond acceptors (Lipinski definition) is 1. The van der Waals surface area contributed by atoms with E-state index in [9.17, 15) is 9.18 Å². The molecule has 86 valence electrons. The Morgan fingerprint density at radius 2 is 1.71 bits per heavy atom. The van der Waals surface area contributed by atoms with Gasteiger partial charge in [-0.3, -0.25) is 4.79 Å². The van der Waals surface area contributed by atoms with Crippen molar-refractivity contribution in [1.82, 2.24) is 0 Å². The minimum absolute atomic E-state index is 0.0450. The highest BCUT2D eigenvalue weighted by Crippen LogP contribution is 2.01. The van der Waals surface area contributed by atoms with Crippen molar-refractivity contribution in [2.45, 2.75) is 13.2 Å². The Morgan fingerprint density at radius 3 is 2.29 bits per heavy atom. The van der Waals surface area contributed by atoms with Crippen molar-refractivity contribution in [3.8, 4) is 0 Å². The van der Waals surface area contributed by atoms with Crippen LogP contribution in [0, 0.1) is 0 Å². The molecule has 2 nitrogen and oxygen atoms in total. The van der Waals surface area contributed by atoms with E-state index in [1.54, 1.807) is 41.2 Å². The van der Waals surface area contributed by atoms with Gasteiger partial charge in [0.1, 0.15) is 6.67 Å². The fourth-order valence-corrected chi connectivity index (χ4v) is 1.56. The molecule has 1 aromatic heterocycles. The van der Waals surface area contributed by atoms with Crippen LogP contribution < -0.4 is 4.57 Å². The lowest BCUT2D eigenvalue weighted by atomic mass is 10.1. The molecule has 0 radical (unpaired) electrons. The van der Waals surface area contributed by atoms with Crippen molar-refractivity contribution in [3.05, 3.63) is 66.0 Å². The summed E-state index contributed by atoms with van der Waals surface area (Å²) in [5.74, 6) is 0.0450. The third-order valence-corrected chi connectivity index (χ3v) is 2.54.